The van der Waals surface area contributed by atoms with E-state index in [9.17, 15) is 10.5 Å². The van der Waals surface area contributed by atoms with E-state index < -0.39 is 0 Å². The molecule has 0 unspecified atom stereocenters. The number of hydrogen-bond acceptors (Lipinski definition) is 11. The second-order valence-corrected chi connectivity index (χ2v) is 9.24. The summed E-state index contributed by atoms with van der Waals surface area (Å²) >= 11 is 1.19. The molecule has 2 heterocycles. The van der Waals surface area contributed by atoms with Crippen LogP contribution >= 0.6 is 11.3 Å². The van der Waals surface area contributed by atoms with Gasteiger partial charge in [-0.05, 0) is 49.1 Å². The Balaban J connectivity index is 1.39. The van der Waals surface area contributed by atoms with Gasteiger partial charge in [0.2, 0.25) is 0 Å². The Morgan fingerprint density at radius 3 is 2.27 bits per heavy atom. The van der Waals surface area contributed by atoms with Gasteiger partial charge in [0.15, 0.2) is 5.00 Å². The number of rotatable bonds is 16. The Kier molecular flexibility index (Phi) is 12.4. The van der Waals surface area contributed by atoms with Gasteiger partial charge in [-0.2, -0.15) is 10.5 Å². The van der Waals surface area contributed by atoms with Crippen molar-refractivity contribution in [3.63, 3.8) is 0 Å². The number of nitrogens with zero attached hydrogens (tertiary/aromatic N) is 5. The lowest BCUT2D eigenvalue weighted by Crippen LogP contribution is -2.32. The molecule has 0 radical (unpaired) electrons. The van der Waals surface area contributed by atoms with Crippen LogP contribution in [0.1, 0.15) is 28.0 Å². The molecule has 37 heavy (non-hydrogen) atoms. The number of hydrogen-bond donors (Lipinski definition) is 1. The summed E-state index contributed by atoms with van der Waals surface area (Å²) in [7, 11) is 0. The van der Waals surface area contributed by atoms with E-state index in [0.717, 1.165) is 31.6 Å². The first-order valence-corrected chi connectivity index (χ1v) is 13.1. The number of benzene rings is 1. The number of azo groups is 1. The molecule has 198 valence electrons. The fourth-order valence-corrected chi connectivity index (χ4v) is 4.74. The molecule has 0 spiro atoms. The second kappa shape index (κ2) is 16.0. The summed E-state index contributed by atoms with van der Waals surface area (Å²) in [5, 5.41) is 36.3. The van der Waals surface area contributed by atoms with Crippen LogP contribution in [0.15, 0.2) is 28.4 Å². The van der Waals surface area contributed by atoms with Gasteiger partial charge < -0.3 is 29.0 Å². The summed E-state index contributed by atoms with van der Waals surface area (Å²) in [6, 6.07) is 10.3. The molecule has 0 bridgehead atoms. The first-order chi connectivity index (χ1) is 18.2. The second-order valence-electron chi connectivity index (χ2n) is 8.24. The highest BCUT2D eigenvalue weighted by Crippen LogP contribution is 2.36. The molecule has 0 fully saturated rings. The van der Waals surface area contributed by atoms with E-state index in [2.05, 4.69) is 33.3 Å². The number of aliphatic hydroxyl groups excluding tert-OH is 1. The lowest BCUT2D eigenvalue weighted by Gasteiger charge is -2.31. The van der Waals surface area contributed by atoms with Crippen LogP contribution in [0, 0.1) is 29.6 Å². The average molecular weight is 528 g/mol. The van der Waals surface area contributed by atoms with Crippen molar-refractivity contribution in [2.45, 2.75) is 19.8 Å². The molecule has 1 aliphatic rings. The Morgan fingerprint density at radius 1 is 0.946 bits per heavy atom. The lowest BCUT2D eigenvalue weighted by atomic mass is 10.0. The Labute approximate surface area is 221 Å². The van der Waals surface area contributed by atoms with E-state index in [4.69, 9.17) is 24.1 Å². The van der Waals surface area contributed by atoms with E-state index in [-0.39, 0.29) is 6.61 Å². The third kappa shape index (κ3) is 8.86. The van der Waals surface area contributed by atoms with Crippen LogP contribution in [0.2, 0.25) is 0 Å². The van der Waals surface area contributed by atoms with Gasteiger partial charge in [-0.1, -0.05) is 0 Å². The maximum atomic E-state index is 9.39. The predicted molar refractivity (Wildman–Crippen MR) is 140 cm³/mol. The standard InChI is InChI=1S/C26H33N5O5S/c1-20-23(18-27)26(37-25(20)19-28)30-29-22-4-5-24-21(17-22)3-2-6-31(24)7-9-33-11-13-35-15-16-36-14-12-34-10-8-32/h4-5,17,32H,2-3,6-16H2,1H3/b30-29+. The van der Waals surface area contributed by atoms with Crippen LogP contribution in [0.4, 0.5) is 16.4 Å². The van der Waals surface area contributed by atoms with Crippen LogP contribution in [-0.2, 0) is 25.4 Å². The van der Waals surface area contributed by atoms with E-state index >= 15 is 0 Å². The van der Waals surface area contributed by atoms with Crippen LogP contribution in [-0.4, -0.2) is 77.7 Å². The van der Waals surface area contributed by atoms with Crippen molar-refractivity contribution >= 4 is 27.7 Å². The number of fused-ring (bicyclic) bond motifs is 1. The Morgan fingerprint density at radius 2 is 1.62 bits per heavy atom. The summed E-state index contributed by atoms with van der Waals surface area (Å²) in [6.45, 7) is 7.50. The zero-order chi connectivity index (χ0) is 26.3. The molecule has 0 atom stereocenters. The van der Waals surface area contributed by atoms with Gasteiger partial charge in [-0.25, -0.2) is 0 Å². The number of aryl methyl sites for hydroxylation is 1. The van der Waals surface area contributed by atoms with Gasteiger partial charge in [0.25, 0.3) is 0 Å². The molecule has 1 aromatic carbocycles. The minimum absolute atomic E-state index is 0.0229. The zero-order valence-corrected chi connectivity index (χ0v) is 22.0. The van der Waals surface area contributed by atoms with Gasteiger partial charge in [-0.3, -0.25) is 0 Å². The smallest absolute Gasteiger partial charge is 0.158 e. The van der Waals surface area contributed by atoms with Crippen LogP contribution in [0.3, 0.4) is 0 Å². The topological polar surface area (TPSA) is 133 Å². The molecule has 2 aromatic rings. The number of ether oxygens (including phenoxy) is 4. The van der Waals surface area contributed by atoms with Crippen molar-refractivity contribution in [3.8, 4) is 12.1 Å². The Hall–Kier alpha value is -2.90. The predicted octanol–water partition coefficient (Wildman–Crippen LogP) is 4.03. The summed E-state index contributed by atoms with van der Waals surface area (Å²) in [5.74, 6) is 0. The van der Waals surface area contributed by atoms with Gasteiger partial charge in [0.1, 0.15) is 17.0 Å². The van der Waals surface area contributed by atoms with E-state index in [1.54, 1.807) is 6.92 Å². The minimum Gasteiger partial charge on any atom is -0.394 e. The molecular weight excluding hydrogens is 494 g/mol. The highest BCUT2D eigenvalue weighted by Gasteiger charge is 2.18. The monoisotopic (exact) mass is 527 g/mol. The molecular formula is C26H33N5O5S. The quantitative estimate of drug-likeness (QED) is 0.256. The summed E-state index contributed by atoms with van der Waals surface area (Å²) in [4.78, 5) is 2.81. The normalized spacial score (nSPS) is 13.0. The largest absolute Gasteiger partial charge is 0.394 e. The highest BCUT2D eigenvalue weighted by molar-refractivity contribution is 7.16. The lowest BCUT2D eigenvalue weighted by molar-refractivity contribution is -0.00490. The first kappa shape index (κ1) is 28.7. The molecule has 1 N–H and O–H groups in total. The molecule has 0 saturated heterocycles. The number of nitriles is 2. The average Bonchev–Trinajstić information content (AvgIpc) is 3.24. The fourth-order valence-electron chi connectivity index (χ4n) is 3.87. The number of anilines is 1. The number of aliphatic hydroxyl groups is 1. The summed E-state index contributed by atoms with van der Waals surface area (Å²) in [5.41, 5.74) is 4.19. The molecule has 0 aliphatic carbocycles. The van der Waals surface area contributed by atoms with Crippen LogP contribution < -0.4 is 4.90 Å². The fraction of sp³-hybridized carbons (Fsp3) is 0.538. The molecule has 11 heteroatoms. The SMILES string of the molecule is Cc1c(C#N)sc(/N=N/c2ccc3c(c2)CCCN3CCOCCOCCOCCOCCO)c1C#N. The third-order valence-electron chi connectivity index (χ3n) is 5.73. The molecule has 1 aliphatic heterocycles. The maximum Gasteiger partial charge on any atom is 0.158 e. The van der Waals surface area contributed by atoms with Crippen molar-refractivity contribution in [2.24, 2.45) is 10.2 Å². The first-order valence-electron chi connectivity index (χ1n) is 12.3. The van der Waals surface area contributed by atoms with Crippen molar-refractivity contribution in [1.82, 2.24) is 0 Å². The van der Waals surface area contributed by atoms with Crippen molar-refractivity contribution in [1.29, 1.82) is 10.5 Å². The van der Waals surface area contributed by atoms with E-state index in [0.29, 0.717) is 73.9 Å². The molecule has 0 amide bonds. The zero-order valence-electron chi connectivity index (χ0n) is 21.1. The maximum absolute atomic E-state index is 9.39. The molecule has 10 nitrogen and oxygen atoms in total. The molecule has 1 aromatic heterocycles. The van der Waals surface area contributed by atoms with Crippen LogP contribution in [0.25, 0.3) is 0 Å². The molecule has 0 saturated carbocycles. The van der Waals surface area contributed by atoms with E-state index in [1.807, 2.05) is 12.1 Å². The van der Waals surface area contributed by atoms with Gasteiger partial charge >= 0.3 is 0 Å². The summed E-state index contributed by atoms with van der Waals surface area (Å²) in [6.07, 6.45) is 2.02. The Bertz CT molecular complexity index is 1110. The van der Waals surface area contributed by atoms with Gasteiger partial charge in [0.05, 0.1) is 70.7 Å². The van der Waals surface area contributed by atoms with Gasteiger partial charge in [0, 0.05) is 18.8 Å². The molecule has 3 rings (SSSR count). The summed E-state index contributed by atoms with van der Waals surface area (Å²) < 4.78 is 21.7. The van der Waals surface area contributed by atoms with Crippen LogP contribution in [0.5, 0.6) is 0 Å². The highest BCUT2D eigenvalue weighted by atomic mass is 32.1. The van der Waals surface area contributed by atoms with Crippen molar-refractivity contribution in [3.05, 3.63) is 39.8 Å². The van der Waals surface area contributed by atoms with Crippen molar-refractivity contribution in [2.75, 3.05) is 77.5 Å². The third-order valence-corrected chi connectivity index (χ3v) is 6.81. The van der Waals surface area contributed by atoms with Crippen molar-refractivity contribution < 1.29 is 24.1 Å². The minimum atomic E-state index is 0.0229. The number of thiophene rings is 1. The van der Waals surface area contributed by atoms with Gasteiger partial charge in [-0.15, -0.1) is 21.6 Å². The van der Waals surface area contributed by atoms with E-state index in [1.165, 1.54) is 22.6 Å².